The molecule has 3 nitrogen and oxygen atoms in total. The van der Waals surface area contributed by atoms with Crippen molar-refractivity contribution in [3.8, 4) is 5.75 Å². The van der Waals surface area contributed by atoms with E-state index in [-0.39, 0.29) is 18.0 Å². The van der Waals surface area contributed by atoms with Crippen molar-refractivity contribution in [2.24, 2.45) is 5.92 Å². The van der Waals surface area contributed by atoms with E-state index in [9.17, 15) is 9.18 Å². The molecule has 0 heterocycles. The van der Waals surface area contributed by atoms with Crippen LogP contribution in [-0.4, -0.2) is 19.2 Å². The standard InChI is InChI=1S/C12H12ClFO3/c1-16-12(15)7-2-10(3-7)17-11-5-8(13)4-9(14)6-11/h4-7,10H,2-3H2,1H3. The van der Waals surface area contributed by atoms with Gasteiger partial charge in [-0.25, -0.2) is 4.39 Å². The van der Waals surface area contributed by atoms with Crippen LogP contribution in [0.1, 0.15) is 12.8 Å². The van der Waals surface area contributed by atoms with Gasteiger partial charge in [-0.2, -0.15) is 0 Å². The normalized spacial score (nSPS) is 22.8. The minimum absolute atomic E-state index is 0.0723. The molecule has 0 N–H and O–H groups in total. The Labute approximate surface area is 103 Å². The Morgan fingerprint density at radius 1 is 1.41 bits per heavy atom. The molecule has 0 aliphatic heterocycles. The van der Waals surface area contributed by atoms with Crippen molar-refractivity contribution in [1.82, 2.24) is 0 Å². The zero-order chi connectivity index (χ0) is 12.4. The number of benzene rings is 1. The van der Waals surface area contributed by atoms with Gasteiger partial charge in [0.1, 0.15) is 17.7 Å². The van der Waals surface area contributed by atoms with Crippen molar-refractivity contribution < 1.29 is 18.7 Å². The third kappa shape index (κ3) is 2.88. The van der Waals surface area contributed by atoms with E-state index in [0.717, 1.165) is 0 Å². The first-order valence-corrected chi connectivity index (χ1v) is 5.67. The first-order chi connectivity index (χ1) is 8.08. The summed E-state index contributed by atoms with van der Waals surface area (Å²) in [5, 5.41) is 0.295. The van der Waals surface area contributed by atoms with E-state index >= 15 is 0 Å². The molecular formula is C12H12ClFO3. The van der Waals surface area contributed by atoms with E-state index in [4.69, 9.17) is 16.3 Å². The molecule has 1 aliphatic carbocycles. The fourth-order valence-electron chi connectivity index (χ4n) is 1.81. The first kappa shape index (κ1) is 12.2. The van der Waals surface area contributed by atoms with Crippen LogP contribution < -0.4 is 4.74 Å². The number of hydrogen-bond acceptors (Lipinski definition) is 3. The van der Waals surface area contributed by atoms with Gasteiger partial charge in [0, 0.05) is 11.1 Å². The first-order valence-electron chi connectivity index (χ1n) is 5.29. The maximum absolute atomic E-state index is 13.0. The van der Waals surface area contributed by atoms with Crippen molar-refractivity contribution in [3.05, 3.63) is 29.0 Å². The molecule has 0 saturated heterocycles. The Balaban J connectivity index is 1.89. The molecule has 0 radical (unpaired) electrons. The van der Waals surface area contributed by atoms with Crippen molar-refractivity contribution in [2.45, 2.75) is 18.9 Å². The summed E-state index contributed by atoms with van der Waals surface area (Å²) in [5.74, 6) is -0.365. The molecule has 1 aromatic rings. The van der Waals surface area contributed by atoms with Gasteiger partial charge < -0.3 is 9.47 Å². The average Bonchev–Trinajstić information content (AvgIpc) is 2.20. The average molecular weight is 259 g/mol. The summed E-state index contributed by atoms with van der Waals surface area (Å²) in [6.07, 6.45) is 1.12. The third-order valence-electron chi connectivity index (χ3n) is 2.77. The van der Waals surface area contributed by atoms with Crippen molar-refractivity contribution in [2.75, 3.05) is 7.11 Å². The number of rotatable bonds is 3. The second-order valence-corrected chi connectivity index (χ2v) is 4.47. The SMILES string of the molecule is COC(=O)C1CC(Oc2cc(F)cc(Cl)c2)C1. The molecule has 1 saturated carbocycles. The number of esters is 1. The number of methoxy groups -OCH3 is 1. The van der Waals surface area contributed by atoms with Crippen LogP contribution in [-0.2, 0) is 9.53 Å². The van der Waals surface area contributed by atoms with Gasteiger partial charge in [0.15, 0.2) is 0 Å². The molecule has 0 unspecified atom stereocenters. The third-order valence-corrected chi connectivity index (χ3v) is 2.99. The molecular weight excluding hydrogens is 247 g/mol. The van der Waals surface area contributed by atoms with Crippen LogP contribution in [0.5, 0.6) is 5.75 Å². The lowest BCUT2D eigenvalue weighted by molar-refractivity contribution is -0.151. The molecule has 1 aromatic carbocycles. The molecule has 1 aliphatic rings. The largest absolute Gasteiger partial charge is 0.490 e. The van der Waals surface area contributed by atoms with Gasteiger partial charge in [-0.3, -0.25) is 4.79 Å². The highest BCUT2D eigenvalue weighted by atomic mass is 35.5. The summed E-state index contributed by atoms with van der Waals surface area (Å²) >= 11 is 5.70. The van der Waals surface area contributed by atoms with Gasteiger partial charge in [-0.1, -0.05) is 11.6 Å². The molecule has 2 rings (SSSR count). The minimum atomic E-state index is -0.434. The van der Waals surface area contributed by atoms with Crippen molar-refractivity contribution in [3.63, 3.8) is 0 Å². The zero-order valence-corrected chi connectivity index (χ0v) is 10.0. The maximum Gasteiger partial charge on any atom is 0.308 e. The van der Waals surface area contributed by atoms with Gasteiger partial charge in [0.25, 0.3) is 0 Å². The van der Waals surface area contributed by atoms with Crippen LogP contribution in [0.25, 0.3) is 0 Å². The monoisotopic (exact) mass is 258 g/mol. The molecule has 17 heavy (non-hydrogen) atoms. The highest BCUT2D eigenvalue weighted by Crippen LogP contribution is 2.33. The number of ether oxygens (including phenoxy) is 2. The van der Waals surface area contributed by atoms with E-state index in [1.807, 2.05) is 0 Å². The highest BCUT2D eigenvalue weighted by molar-refractivity contribution is 6.30. The van der Waals surface area contributed by atoms with Gasteiger partial charge in [0.2, 0.25) is 0 Å². The zero-order valence-electron chi connectivity index (χ0n) is 9.28. The fourth-order valence-corrected chi connectivity index (χ4v) is 2.02. The van der Waals surface area contributed by atoms with E-state index in [2.05, 4.69) is 4.74 Å². The quantitative estimate of drug-likeness (QED) is 0.782. The van der Waals surface area contributed by atoms with Crippen molar-refractivity contribution in [1.29, 1.82) is 0 Å². The smallest absolute Gasteiger partial charge is 0.308 e. The van der Waals surface area contributed by atoms with Gasteiger partial charge >= 0.3 is 5.97 Å². The maximum atomic E-state index is 13.0. The predicted molar refractivity (Wildman–Crippen MR) is 60.6 cm³/mol. The van der Waals surface area contributed by atoms with Crippen LogP contribution in [0.4, 0.5) is 4.39 Å². The van der Waals surface area contributed by atoms with E-state index in [0.29, 0.717) is 23.6 Å². The molecule has 0 bridgehead atoms. The molecule has 92 valence electrons. The van der Waals surface area contributed by atoms with Crippen molar-refractivity contribution >= 4 is 17.6 Å². The van der Waals surface area contributed by atoms with Crippen LogP contribution >= 0.6 is 11.6 Å². The van der Waals surface area contributed by atoms with Crippen LogP contribution in [0.15, 0.2) is 18.2 Å². The molecule has 5 heteroatoms. The second-order valence-electron chi connectivity index (χ2n) is 4.04. The van der Waals surface area contributed by atoms with Crippen LogP contribution in [0, 0.1) is 11.7 Å². The van der Waals surface area contributed by atoms with Gasteiger partial charge in [-0.05, 0) is 25.0 Å². The Morgan fingerprint density at radius 3 is 2.71 bits per heavy atom. The Morgan fingerprint density at radius 2 is 2.12 bits per heavy atom. The van der Waals surface area contributed by atoms with E-state index in [1.165, 1.54) is 19.2 Å². The minimum Gasteiger partial charge on any atom is -0.490 e. The lowest BCUT2D eigenvalue weighted by atomic mass is 9.82. The lowest BCUT2D eigenvalue weighted by Crippen LogP contribution is -2.38. The molecule has 0 amide bonds. The topological polar surface area (TPSA) is 35.5 Å². The highest BCUT2D eigenvalue weighted by Gasteiger charge is 2.36. The van der Waals surface area contributed by atoms with E-state index < -0.39 is 5.82 Å². The summed E-state index contributed by atoms with van der Waals surface area (Å²) < 4.78 is 23.1. The van der Waals surface area contributed by atoms with E-state index in [1.54, 1.807) is 6.07 Å². The number of halogens is 2. The summed E-state index contributed by atoms with van der Waals surface area (Å²) in [5.41, 5.74) is 0. The summed E-state index contributed by atoms with van der Waals surface area (Å²) in [7, 11) is 1.36. The molecule has 0 atom stereocenters. The lowest BCUT2D eigenvalue weighted by Gasteiger charge is -2.33. The Bertz CT molecular complexity index is 410. The van der Waals surface area contributed by atoms with Crippen LogP contribution in [0.3, 0.4) is 0 Å². The second kappa shape index (κ2) is 4.92. The summed E-state index contributed by atoms with van der Waals surface area (Å²) in [6.45, 7) is 0. The number of carbonyl (C=O) groups excluding carboxylic acids is 1. The Kier molecular flexibility index (Phi) is 3.52. The van der Waals surface area contributed by atoms with Gasteiger partial charge in [0.05, 0.1) is 13.0 Å². The molecule has 0 aromatic heterocycles. The number of carbonyl (C=O) groups is 1. The molecule has 0 spiro atoms. The van der Waals surface area contributed by atoms with Gasteiger partial charge in [-0.15, -0.1) is 0 Å². The summed E-state index contributed by atoms with van der Waals surface area (Å²) in [6, 6.07) is 4.04. The fraction of sp³-hybridized carbons (Fsp3) is 0.417. The Hall–Kier alpha value is -1.29. The van der Waals surface area contributed by atoms with Crippen LogP contribution in [0.2, 0.25) is 5.02 Å². The molecule has 1 fully saturated rings. The summed E-state index contributed by atoms with van der Waals surface area (Å²) in [4.78, 5) is 11.1. The predicted octanol–water partition coefficient (Wildman–Crippen LogP) is 2.81. The number of hydrogen-bond donors (Lipinski definition) is 0.